The van der Waals surface area contributed by atoms with Gasteiger partial charge in [0.25, 0.3) is 0 Å². The van der Waals surface area contributed by atoms with E-state index in [0.717, 1.165) is 23.1 Å². The Hall–Kier alpha value is -1.35. The summed E-state index contributed by atoms with van der Waals surface area (Å²) in [6.45, 7) is 1.93. The van der Waals surface area contributed by atoms with Crippen molar-refractivity contribution in [1.29, 1.82) is 0 Å². The third kappa shape index (κ3) is 1.31. The fourth-order valence-electron chi connectivity index (χ4n) is 1.40. The number of hydrogen-bond acceptors (Lipinski definition) is 3. The lowest BCUT2D eigenvalue weighted by Gasteiger charge is -1.93. The first-order chi connectivity index (χ1) is 6.35. The lowest BCUT2D eigenvalue weighted by atomic mass is 10.1. The molecule has 0 fully saturated rings. The highest BCUT2D eigenvalue weighted by Crippen LogP contribution is 2.19. The van der Waals surface area contributed by atoms with Crippen molar-refractivity contribution in [2.24, 2.45) is 0 Å². The Labute approximate surface area is 76.0 Å². The van der Waals surface area contributed by atoms with Crippen molar-refractivity contribution in [1.82, 2.24) is 4.98 Å². The summed E-state index contributed by atoms with van der Waals surface area (Å²) < 4.78 is 5.30. The van der Waals surface area contributed by atoms with Crippen LogP contribution in [-0.2, 0) is 13.0 Å². The Morgan fingerprint density at radius 1 is 1.46 bits per heavy atom. The molecular formula is C10H11NO2. The van der Waals surface area contributed by atoms with E-state index in [9.17, 15) is 0 Å². The number of aliphatic hydroxyl groups is 1. The molecule has 0 saturated carbocycles. The zero-order valence-corrected chi connectivity index (χ0v) is 7.45. The molecule has 0 saturated heterocycles. The first kappa shape index (κ1) is 8.26. The number of rotatable bonds is 2. The van der Waals surface area contributed by atoms with Crippen molar-refractivity contribution in [2.45, 2.75) is 20.0 Å². The number of oxazole rings is 1. The molecule has 0 bridgehead atoms. The van der Waals surface area contributed by atoms with E-state index in [2.05, 4.69) is 11.9 Å². The second-order valence-corrected chi connectivity index (χ2v) is 2.88. The molecule has 0 unspecified atom stereocenters. The van der Waals surface area contributed by atoms with Gasteiger partial charge < -0.3 is 9.52 Å². The van der Waals surface area contributed by atoms with Crippen LogP contribution in [0.15, 0.2) is 22.6 Å². The van der Waals surface area contributed by atoms with E-state index in [1.54, 1.807) is 0 Å². The molecule has 0 aliphatic heterocycles. The largest absolute Gasteiger partial charge is 0.438 e. The number of benzene rings is 1. The van der Waals surface area contributed by atoms with Crippen molar-refractivity contribution >= 4 is 11.1 Å². The molecule has 0 spiro atoms. The zero-order chi connectivity index (χ0) is 9.26. The van der Waals surface area contributed by atoms with Gasteiger partial charge in [0.2, 0.25) is 5.89 Å². The van der Waals surface area contributed by atoms with Gasteiger partial charge in [0.15, 0.2) is 5.58 Å². The van der Waals surface area contributed by atoms with E-state index in [4.69, 9.17) is 9.52 Å². The zero-order valence-electron chi connectivity index (χ0n) is 7.45. The van der Waals surface area contributed by atoms with Crippen molar-refractivity contribution in [3.63, 3.8) is 0 Å². The maximum absolute atomic E-state index is 8.85. The Morgan fingerprint density at radius 3 is 3.00 bits per heavy atom. The minimum atomic E-state index is -0.141. The van der Waals surface area contributed by atoms with Gasteiger partial charge in [0.05, 0.1) is 0 Å². The van der Waals surface area contributed by atoms with Crippen molar-refractivity contribution < 1.29 is 9.52 Å². The number of aliphatic hydroxyl groups excluding tert-OH is 1. The first-order valence-corrected chi connectivity index (χ1v) is 4.33. The third-order valence-corrected chi connectivity index (χ3v) is 2.06. The van der Waals surface area contributed by atoms with E-state index in [-0.39, 0.29) is 6.61 Å². The van der Waals surface area contributed by atoms with Crippen LogP contribution in [0.25, 0.3) is 11.1 Å². The van der Waals surface area contributed by atoms with Crippen molar-refractivity contribution in [2.75, 3.05) is 0 Å². The van der Waals surface area contributed by atoms with E-state index in [1.807, 2.05) is 18.2 Å². The van der Waals surface area contributed by atoms with Crippen LogP contribution in [0, 0.1) is 0 Å². The number of aryl methyl sites for hydroxylation is 1. The fraction of sp³-hybridized carbons (Fsp3) is 0.300. The number of fused-ring (bicyclic) bond motifs is 1. The minimum Gasteiger partial charge on any atom is -0.438 e. The predicted molar refractivity (Wildman–Crippen MR) is 49.3 cm³/mol. The normalized spacial score (nSPS) is 10.9. The number of aromatic nitrogens is 1. The molecule has 3 nitrogen and oxygen atoms in total. The van der Waals surface area contributed by atoms with E-state index < -0.39 is 0 Å². The highest BCUT2D eigenvalue weighted by atomic mass is 16.4. The molecule has 1 heterocycles. The second-order valence-electron chi connectivity index (χ2n) is 2.88. The highest BCUT2D eigenvalue weighted by Gasteiger charge is 2.06. The summed E-state index contributed by atoms with van der Waals surface area (Å²) in [4.78, 5) is 4.19. The van der Waals surface area contributed by atoms with Gasteiger partial charge in [-0.25, -0.2) is 4.98 Å². The Balaban J connectivity index is 2.67. The SMILES string of the molecule is CCc1cccc2oc(CO)nc12. The van der Waals surface area contributed by atoms with Gasteiger partial charge >= 0.3 is 0 Å². The van der Waals surface area contributed by atoms with Gasteiger partial charge in [-0.05, 0) is 18.1 Å². The third-order valence-electron chi connectivity index (χ3n) is 2.06. The molecule has 2 rings (SSSR count). The average Bonchev–Trinajstić information content (AvgIpc) is 2.59. The van der Waals surface area contributed by atoms with E-state index in [1.165, 1.54) is 0 Å². The van der Waals surface area contributed by atoms with Gasteiger partial charge in [0, 0.05) is 0 Å². The summed E-state index contributed by atoms with van der Waals surface area (Å²) in [6, 6.07) is 5.82. The summed E-state index contributed by atoms with van der Waals surface area (Å²) in [5.74, 6) is 0.385. The van der Waals surface area contributed by atoms with E-state index >= 15 is 0 Å². The van der Waals surface area contributed by atoms with Crippen LogP contribution in [0.3, 0.4) is 0 Å². The Morgan fingerprint density at radius 2 is 2.31 bits per heavy atom. The molecule has 13 heavy (non-hydrogen) atoms. The molecule has 1 aromatic carbocycles. The van der Waals surface area contributed by atoms with Gasteiger partial charge in [-0.1, -0.05) is 19.1 Å². The van der Waals surface area contributed by atoms with Crippen LogP contribution >= 0.6 is 0 Å². The lowest BCUT2D eigenvalue weighted by molar-refractivity contribution is 0.244. The van der Waals surface area contributed by atoms with Crippen molar-refractivity contribution in [3.05, 3.63) is 29.7 Å². The van der Waals surface area contributed by atoms with Gasteiger partial charge in [-0.15, -0.1) is 0 Å². The number of hydrogen-bond donors (Lipinski definition) is 1. The summed E-state index contributed by atoms with van der Waals surface area (Å²) in [5.41, 5.74) is 2.78. The monoisotopic (exact) mass is 177 g/mol. The van der Waals surface area contributed by atoms with Crippen LogP contribution in [0.5, 0.6) is 0 Å². The van der Waals surface area contributed by atoms with Crippen LogP contribution in [0.1, 0.15) is 18.4 Å². The predicted octanol–water partition coefficient (Wildman–Crippen LogP) is 1.88. The van der Waals surface area contributed by atoms with Crippen molar-refractivity contribution in [3.8, 4) is 0 Å². The Kier molecular flexibility index (Phi) is 2.02. The smallest absolute Gasteiger partial charge is 0.221 e. The molecular weight excluding hydrogens is 166 g/mol. The van der Waals surface area contributed by atoms with Crippen LogP contribution in [0.2, 0.25) is 0 Å². The molecule has 3 heteroatoms. The fourth-order valence-corrected chi connectivity index (χ4v) is 1.40. The van der Waals surface area contributed by atoms with Gasteiger partial charge in [-0.3, -0.25) is 0 Å². The minimum absolute atomic E-state index is 0.141. The number of para-hydroxylation sites is 1. The lowest BCUT2D eigenvalue weighted by Crippen LogP contribution is -1.83. The molecule has 0 atom stereocenters. The van der Waals surface area contributed by atoms with E-state index in [0.29, 0.717) is 5.89 Å². The summed E-state index contributed by atoms with van der Waals surface area (Å²) >= 11 is 0. The van der Waals surface area contributed by atoms with Gasteiger partial charge in [0.1, 0.15) is 12.1 Å². The summed E-state index contributed by atoms with van der Waals surface area (Å²) in [5, 5.41) is 8.85. The van der Waals surface area contributed by atoms with Crippen LogP contribution in [-0.4, -0.2) is 10.1 Å². The first-order valence-electron chi connectivity index (χ1n) is 4.33. The molecule has 1 aromatic heterocycles. The molecule has 68 valence electrons. The summed E-state index contributed by atoms with van der Waals surface area (Å²) in [7, 11) is 0. The van der Waals surface area contributed by atoms with Crippen LogP contribution < -0.4 is 0 Å². The topological polar surface area (TPSA) is 46.3 Å². The second kappa shape index (κ2) is 3.18. The standard InChI is InChI=1S/C10H11NO2/c1-2-7-4-3-5-8-10(7)11-9(6-12)13-8/h3-5,12H,2,6H2,1H3. The maximum atomic E-state index is 8.85. The molecule has 0 radical (unpaired) electrons. The average molecular weight is 177 g/mol. The quantitative estimate of drug-likeness (QED) is 0.761. The highest BCUT2D eigenvalue weighted by molar-refractivity contribution is 5.76. The Bertz CT molecular complexity index is 420. The van der Waals surface area contributed by atoms with Crippen LogP contribution in [0.4, 0.5) is 0 Å². The molecule has 2 aromatic rings. The molecule has 0 amide bonds. The maximum Gasteiger partial charge on any atom is 0.221 e. The molecule has 0 aliphatic carbocycles. The summed E-state index contributed by atoms with van der Waals surface area (Å²) in [6.07, 6.45) is 0.925. The van der Waals surface area contributed by atoms with Gasteiger partial charge in [-0.2, -0.15) is 0 Å². The molecule has 0 aliphatic rings. The molecule has 1 N–H and O–H groups in total. The number of nitrogens with zero attached hydrogens (tertiary/aromatic N) is 1.